The lowest BCUT2D eigenvalue weighted by Gasteiger charge is -2.33. The lowest BCUT2D eigenvalue weighted by atomic mass is 10.0. The summed E-state index contributed by atoms with van der Waals surface area (Å²) in [4.78, 5) is 29.0. The Kier molecular flexibility index (Phi) is 4.40. The van der Waals surface area contributed by atoms with Crippen LogP contribution >= 0.6 is 11.6 Å². The molecule has 6 nitrogen and oxygen atoms in total. The summed E-state index contributed by atoms with van der Waals surface area (Å²) in [5, 5.41) is 5.86. The summed E-state index contributed by atoms with van der Waals surface area (Å²) >= 11 is 5.89. The molecule has 1 aliphatic heterocycles. The Labute approximate surface area is 144 Å². The van der Waals surface area contributed by atoms with Crippen molar-refractivity contribution in [1.82, 2.24) is 10.3 Å². The fourth-order valence-corrected chi connectivity index (χ4v) is 2.54. The molecule has 0 unspecified atom stereocenters. The van der Waals surface area contributed by atoms with Crippen LogP contribution in [0.25, 0.3) is 0 Å². The monoisotopic (exact) mass is 345 g/mol. The number of nitrogens with zero attached hydrogens (tertiary/aromatic N) is 1. The van der Waals surface area contributed by atoms with E-state index in [-0.39, 0.29) is 0 Å². The van der Waals surface area contributed by atoms with E-state index in [2.05, 4.69) is 15.6 Å². The first-order chi connectivity index (χ1) is 11.5. The molecule has 0 spiro atoms. The predicted molar refractivity (Wildman–Crippen MR) is 90.1 cm³/mol. The number of pyridine rings is 1. The number of amides is 2. The van der Waals surface area contributed by atoms with E-state index >= 15 is 0 Å². The van der Waals surface area contributed by atoms with E-state index in [0.717, 1.165) is 5.69 Å². The topological polar surface area (TPSA) is 80.3 Å². The number of anilines is 1. The van der Waals surface area contributed by atoms with Crippen LogP contribution in [-0.4, -0.2) is 28.9 Å². The second-order valence-corrected chi connectivity index (χ2v) is 5.99. The van der Waals surface area contributed by atoms with E-state index in [9.17, 15) is 9.59 Å². The maximum atomic E-state index is 12.5. The number of hydrogen-bond donors (Lipinski definition) is 2. The highest BCUT2D eigenvalue weighted by molar-refractivity contribution is 6.31. The molecule has 0 bridgehead atoms. The average Bonchev–Trinajstić information content (AvgIpc) is 2.57. The van der Waals surface area contributed by atoms with Crippen LogP contribution in [-0.2, 0) is 16.0 Å². The van der Waals surface area contributed by atoms with Crippen molar-refractivity contribution in [3.8, 4) is 5.75 Å². The van der Waals surface area contributed by atoms with Gasteiger partial charge in [-0.2, -0.15) is 0 Å². The van der Waals surface area contributed by atoms with Gasteiger partial charge in [-0.3, -0.25) is 14.6 Å². The van der Waals surface area contributed by atoms with Gasteiger partial charge in [0.1, 0.15) is 5.75 Å². The van der Waals surface area contributed by atoms with Gasteiger partial charge in [0.2, 0.25) is 0 Å². The Hall–Kier alpha value is -2.60. The summed E-state index contributed by atoms with van der Waals surface area (Å²) in [6.07, 6.45) is 2.26. The highest BCUT2D eigenvalue weighted by atomic mass is 35.5. The Morgan fingerprint density at radius 2 is 2.21 bits per heavy atom. The average molecular weight is 346 g/mol. The van der Waals surface area contributed by atoms with Crippen LogP contribution < -0.4 is 15.4 Å². The minimum absolute atomic E-state index is 0.357. The van der Waals surface area contributed by atoms with Gasteiger partial charge in [-0.1, -0.05) is 17.7 Å². The maximum absolute atomic E-state index is 12.5. The largest absolute Gasteiger partial charge is 0.466 e. The Balaban J connectivity index is 1.67. The molecule has 1 aromatic carbocycles. The van der Waals surface area contributed by atoms with Crippen LogP contribution in [0.2, 0.25) is 5.02 Å². The molecule has 2 N–H and O–H groups in total. The molecule has 24 heavy (non-hydrogen) atoms. The van der Waals surface area contributed by atoms with Gasteiger partial charge in [0.25, 0.3) is 17.4 Å². The molecule has 2 aromatic rings. The van der Waals surface area contributed by atoms with E-state index in [1.165, 1.54) is 6.92 Å². The summed E-state index contributed by atoms with van der Waals surface area (Å²) in [7, 11) is 0. The molecule has 0 aliphatic carbocycles. The Morgan fingerprint density at radius 1 is 1.38 bits per heavy atom. The smallest absolute Gasteiger partial charge is 0.278 e. The number of benzene rings is 1. The summed E-state index contributed by atoms with van der Waals surface area (Å²) < 4.78 is 5.65. The molecule has 1 aromatic heterocycles. The number of halogens is 1. The van der Waals surface area contributed by atoms with Gasteiger partial charge < -0.3 is 15.4 Å². The molecule has 124 valence electrons. The SMILES string of the molecule is C[C@@]1(C(=O)NCCc2ccccn2)Oc2ccc(Cl)cc2NC1=O. The molecule has 7 heteroatoms. The van der Waals surface area contributed by atoms with Gasteiger partial charge >= 0.3 is 0 Å². The van der Waals surface area contributed by atoms with Crippen LogP contribution in [0, 0.1) is 0 Å². The highest BCUT2D eigenvalue weighted by Crippen LogP contribution is 2.35. The van der Waals surface area contributed by atoms with Crippen molar-refractivity contribution < 1.29 is 14.3 Å². The number of carbonyl (C=O) groups is 2. The summed E-state index contributed by atoms with van der Waals surface area (Å²) in [6.45, 7) is 1.80. The van der Waals surface area contributed by atoms with E-state index in [4.69, 9.17) is 16.3 Å². The van der Waals surface area contributed by atoms with Crippen LogP contribution in [0.5, 0.6) is 5.75 Å². The van der Waals surface area contributed by atoms with Crippen LogP contribution in [0.4, 0.5) is 5.69 Å². The van der Waals surface area contributed by atoms with Gasteiger partial charge in [-0.25, -0.2) is 0 Å². The van der Waals surface area contributed by atoms with Gasteiger partial charge in [-0.15, -0.1) is 0 Å². The quantitative estimate of drug-likeness (QED) is 0.832. The summed E-state index contributed by atoms with van der Waals surface area (Å²) in [5.74, 6) is -0.634. The number of hydrogen-bond acceptors (Lipinski definition) is 4. The van der Waals surface area contributed by atoms with E-state index < -0.39 is 17.4 Å². The zero-order chi connectivity index (χ0) is 17.2. The second kappa shape index (κ2) is 6.49. The third-order valence-corrected chi connectivity index (χ3v) is 4.00. The minimum atomic E-state index is -1.63. The van der Waals surface area contributed by atoms with Crippen molar-refractivity contribution >= 4 is 29.1 Å². The molecule has 2 amide bonds. The van der Waals surface area contributed by atoms with Crippen molar-refractivity contribution in [1.29, 1.82) is 0 Å². The number of fused-ring (bicyclic) bond motifs is 1. The molecule has 0 radical (unpaired) electrons. The van der Waals surface area contributed by atoms with Crippen molar-refractivity contribution in [2.45, 2.75) is 18.9 Å². The van der Waals surface area contributed by atoms with E-state index in [1.807, 2.05) is 18.2 Å². The molecule has 0 fully saturated rings. The van der Waals surface area contributed by atoms with Gasteiger partial charge in [-0.05, 0) is 37.3 Å². The normalized spacial score (nSPS) is 19.0. The number of ether oxygens (including phenoxy) is 1. The highest BCUT2D eigenvalue weighted by Gasteiger charge is 2.47. The fraction of sp³-hybridized carbons (Fsp3) is 0.235. The first kappa shape index (κ1) is 16.3. The molecule has 0 saturated heterocycles. The lowest BCUT2D eigenvalue weighted by Crippen LogP contribution is -2.58. The number of carbonyl (C=O) groups excluding carboxylic acids is 2. The molecule has 1 aliphatic rings. The zero-order valence-electron chi connectivity index (χ0n) is 13.0. The van der Waals surface area contributed by atoms with Crippen molar-refractivity contribution in [2.24, 2.45) is 0 Å². The summed E-state index contributed by atoms with van der Waals surface area (Å²) in [5.41, 5.74) is -0.325. The third kappa shape index (κ3) is 3.19. The van der Waals surface area contributed by atoms with Crippen molar-refractivity contribution in [3.63, 3.8) is 0 Å². The zero-order valence-corrected chi connectivity index (χ0v) is 13.8. The first-order valence-electron chi connectivity index (χ1n) is 7.47. The lowest BCUT2D eigenvalue weighted by molar-refractivity contribution is -0.146. The number of nitrogens with one attached hydrogen (secondary N) is 2. The van der Waals surface area contributed by atoms with E-state index in [1.54, 1.807) is 24.4 Å². The molecule has 1 atom stereocenters. The fourth-order valence-electron chi connectivity index (χ4n) is 2.36. The predicted octanol–water partition coefficient (Wildman–Crippen LogP) is 2.18. The van der Waals surface area contributed by atoms with Crippen molar-refractivity contribution in [2.75, 3.05) is 11.9 Å². The maximum Gasteiger partial charge on any atom is 0.278 e. The second-order valence-electron chi connectivity index (χ2n) is 5.56. The minimum Gasteiger partial charge on any atom is -0.466 e. The molecular weight excluding hydrogens is 330 g/mol. The van der Waals surface area contributed by atoms with Gasteiger partial charge in [0.05, 0.1) is 5.69 Å². The van der Waals surface area contributed by atoms with Gasteiger partial charge in [0.15, 0.2) is 0 Å². The van der Waals surface area contributed by atoms with Crippen LogP contribution in [0.15, 0.2) is 42.6 Å². The molecule has 3 rings (SSSR count). The Bertz CT molecular complexity index is 782. The van der Waals surface area contributed by atoms with Crippen LogP contribution in [0.1, 0.15) is 12.6 Å². The van der Waals surface area contributed by atoms with Crippen LogP contribution in [0.3, 0.4) is 0 Å². The third-order valence-electron chi connectivity index (χ3n) is 3.76. The van der Waals surface area contributed by atoms with Crippen molar-refractivity contribution in [3.05, 3.63) is 53.3 Å². The molecular formula is C17H16ClN3O3. The summed E-state index contributed by atoms with van der Waals surface area (Å²) in [6, 6.07) is 10.4. The van der Waals surface area contributed by atoms with E-state index in [0.29, 0.717) is 29.4 Å². The first-order valence-corrected chi connectivity index (χ1v) is 7.85. The molecule has 2 heterocycles. The number of aromatic nitrogens is 1. The Morgan fingerprint density at radius 3 is 2.96 bits per heavy atom. The van der Waals surface area contributed by atoms with Gasteiger partial charge in [0, 0.05) is 29.9 Å². The molecule has 0 saturated carbocycles. The number of rotatable bonds is 4. The standard InChI is InChI=1S/C17H16ClN3O3/c1-17(15(22)20-9-7-12-4-2-3-8-19-12)16(23)21-13-10-11(18)5-6-14(13)24-17/h2-6,8,10H,7,9H2,1H3,(H,20,22)(H,21,23)/t17-/m0/s1.